The molecule has 1 N–H and O–H groups in total. The number of nitrogens with zero attached hydrogens (tertiary/aromatic N) is 4. The number of rotatable bonds is 6. The van der Waals surface area contributed by atoms with Crippen molar-refractivity contribution in [3.63, 3.8) is 0 Å². The van der Waals surface area contributed by atoms with Crippen molar-refractivity contribution in [2.45, 2.75) is 57.9 Å². The SMILES string of the molecule is CCc1cccc(C)c1-n1nnnc1C1(Nc2ccc(OC)cc2)CCCCC1. The Bertz CT molecular complexity index is 958. The second-order valence-electron chi connectivity index (χ2n) is 7.85. The molecule has 0 aliphatic heterocycles. The third-order valence-corrected chi connectivity index (χ3v) is 5.99. The van der Waals surface area contributed by atoms with Crippen LogP contribution in [0.25, 0.3) is 5.69 Å². The fourth-order valence-electron chi connectivity index (χ4n) is 4.45. The maximum atomic E-state index is 5.31. The topological polar surface area (TPSA) is 64.9 Å². The molecule has 29 heavy (non-hydrogen) atoms. The van der Waals surface area contributed by atoms with Crippen LogP contribution in [0.3, 0.4) is 0 Å². The van der Waals surface area contributed by atoms with Crippen LogP contribution < -0.4 is 10.1 Å². The van der Waals surface area contributed by atoms with Crippen LogP contribution in [0.4, 0.5) is 5.69 Å². The summed E-state index contributed by atoms with van der Waals surface area (Å²) in [6, 6.07) is 14.5. The molecule has 0 atom stereocenters. The molecule has 1 fully saturated rings. The van der Waals surface area contributed by atoms with E-state index in [9.17, 15) is 0 Å². The van der Waals surface area contributed by atoms with Crippen molar-refractivity contribution in [3.05, 3.63) is 59.4 Å². The first kappa shape index (κ1) is 19.4. The lowest BCUT2D eigenvalue weighted by atomic mass is 9.80. The molecule has 1 aromatic heterocycles. The molecule has 3 aromatic rings. The molecule has 6 heteroatoms. The van der Waals surface area contributed by atoms with Gasteiger partial charge < -0.3 is 10.1 Å². The number of hydrogen-bond donors (Lipinski definition) is 1. The molecule has 152 valence electrons. The zero-order valence-corrected chi connectivity index (χ0v) is 17.5. The number of aryl methyl sites for hydroxylation is 2. The molecule has 0 unspecified atom stereocenters. The van der Waals surface area contributed by atoms with Gasteiger partial charge in [-0.2, -0.15) is 4.68 Å². The van der Waals surface area contributed by atoms with Gasteiger partial charge in [0.15, 0.2) is 5.82 Å². The second-order valence-corrected chi connectivity index (χ2v) is 7.85. The summed E-state index contributed by atoms with van der Waals surface area (Å²) < 4.78 is 7.28. The standard InChI is InChI=1S/C23H29N5O/c1-4-18-10-8-9-17(2)21(18)28-22(25-26-27-28)23(15-6-5-7-16-23)24-19-11-13-20(29-3)14-12-19/h8-14,24H,4-7,15-16H2,1-3H3. The average Bonchev–Trinajstić information content (AvgIpc) is 3.25. The van der Waals surface area contributed by atoms with E-state index in [1.807, 2.05) is 16.8 Å². The molecule has 1 aliphatic rings. The van der Waals surface area contributed by atoms with E-state index in [0.717, 1.165) is 55.1 Å². The molecule has 0 radical (unpaired) electrons. The molecule has 0 spiro atoms. The van der Waals surface area contributed by atoms with Crippen molar-refractivity contribution in [1.29, 1.82) is 0 Å². The zero-order chi connectivity index (χ0) is 20.3. The molecule has 0 bridgehead atoms. The van der Waals surface area contributed by atoms with E-state index in [1.165, 1.54) is 17.5 Å². The average molecular weight is 392 g/mol. The highest BCUT2D eigenvalue weighted by Gasteiger charge is 2.39. The first-order chi connectivity index (χ1) is 14.2. The number of benzene rings is 2. The Morgan fingerprint density at radius 3 is 2.52 bits per heavy atom. The number of para-hydroxylation sites is 1. The van der Waals surface area contributed by atoms with Gasteiger partial charge in [0, 0.05) is 5.69 Å². The van der Waals surface area contributed by atoms with Crippen LogP contribution in [0.15, 0.2) is 42.5 Å². The third kappa shape index (κ3) is 3.71. The Labute approximate surface area is 172 Å². The second kappa shape index (κ2) is 8.23. The maximum Gasteiger partial charge on any atom is 0.181 e. The monoisotopic (exact) mass is 391 g/mol. The van der Waals surface area contributed by atoms with E-state index < -0.39 is 0 Å². The molecular weight excluding hydrogens is 362 g/mol. The summed E-state index contributed by atoms with van der Waals surface area (Å²) in [6.07, 6.45) is 6.52. The van der Waals surface area contributed by atoms with Gasteiger partial charge in [0.25, 0.3) is 0 Å². The van der Waals surface area contributed by atoms with Gasteiger partial charge in [-0.15, -0.1) is 5.10 Å². The lowest BCUT2D eigenvalue weighted by Gasteiger charge is -2.38. The van der Waals surface area contributed by atoms with Crippen LogP contribution in [0, 0.1) is 6.92 Å². The number of nitrogens with one attached hydrogen (secondary N) is 1. The van der Waals surface area contributed by atoms with Crippen LogP contribution >= 0.6 is 0 Å². The molecule has 4 rings (SSSR count). The number of tetrazole rings is 1. The zero-order valence-electron chi connectivity index (χ0n) is 17.5. The first-order valence-corrected chi connectivity index (χ1v) is 10.5. The summed E-state index contributed by atoms with van der Waals surface area (Å²) in [4.78, 5) is 0. The lowest BCUT2D eigenvalue weighted by Crippen LogP contribution is -2.40. The van der Waals surface area contributed by atoms with Crippen molar-refractivity contribution < 1.29 is 4.74 Å². The largest absolute Gasteiger partial charge is 0.497 e. The van der Waals surface area contributed by atoms with Gasteiger partial charge in [0.2, 0.25) is 0 Å². The van der Waals surface area contributed by atoms with Gasteiger partial charge >= 0.3 is 0 Å². The molecular formula is C23H29N5O. The minimum absolute atomic E-state index is 0.288. The summed E-state index contributed by atoms with van der Waals surface area (Å²) in [5.74, 6) is 1.75. The van der Waals surface area contributed by atoms with Crippen LogP contribution in [-0.4, -0.2) is 27.3 Å². The lowest BCUT2D eigenvalue weighted by molar-refractivity contribution is 0.309. The van der Waals surface area contributed by atoms with E-state index in [1.54, 1.807) is 7.11 Å². The van der Waals surface area contributed by atoms with E-state index in [2.05, 4.69) is 65.0 Å². The number of methoxy groups -OCH3 is 1. The molecule has 2 aromatic carbocycles. The highest BCUT2D eigenvalue weighted by Crippen LogP contribution is 2.40. The predicted molar refractivity (Wildman–Crippen MR) is 115 cm³/mol. The number of aromatic nitrogens is 4. The van der Waals surface area contributed by atoms with Gasteiger partial charge in [0.05, 0.1) is 18.3 Å². The summed E-state index contributed by atoms with van der Waals surface area (Å²) in [5, 5.41) is 16.9. The molecule has 1 aliphatic carbocycles. The highest BCUT2D eigenvalue weighted by atomic mass is 16.5. The Morgan fingerprint density at radius 2 is 1.83 bits per heavy atom. The van der Waals surface area contributed by atoms with Crippen LogP contribution in [0.2, 0.25) is 0 Å². The number of anilines is 1. The molecule has 6 nitrogen and oxygen atoms in total. The van der Waals surface area contributed by atoms with E-state index in [4.69, 9.17) is 4.74 Å². The van der Waals surface area contributed by atoms with Gasteiger partial charge in [-0.3, -0.25) is 0 Å². The van der Waals surface area contributed by atoms with E-state index in [-0.39, 0.29) is 5.54 Å². The molecule has 0 amide bonds. The Morgan fingerprint density at radius 1 is 1.07 bits per heavy atom. The van der Waals surface area contributed by atoms with Gasteiger partial charge in [0.1, 0.15) is 5.75 Å². The van der Waals surface area contributed by atoms with Gasteiger partial charge in [-0.05, 0) is 72.0 Å². The minimum Gasteiger partial charge on any atom is -0.497 e. The summed E-state index contributed by atoms with van der Waals surface area (Å²) in [5.41, 5.74) is 4.32. The molecule has 0 saturated heterocycles. The highest BCUT2D eigenvalue weighted by molar-refractivity contribution is 5.51. The van der Waals surface area contributed by atoms with Gasteiger partial charge in [-0.1, -0.05) is 44.4 Å². The molecule has 1 saturated carbocycles. The first-order valence-electron chi connectivity index (χ1n) is 10.5. The minimum atomic E-state index is -0.288. The van der Waals surface area contributed by atoms with Crippen molar-refractivity contribution in [2.24, 2.45) is 0 Å². The smallest absolute Gasteiger partial charge is 0.181 e. The number of ether oxygens (including phenoxy) is 1. The third-order valence-electron chi connectivity index (χ3n) is 5.99. The number of hydrogen-bond acceptors (Lipinski definition) is 5. The van der Waals surface area contributed by atoms with Crippen LogP contribution in [0.1, 0.15) is 56.0 Å². The van der Waals surface area contributed by atoms with Crippen molar-refractivity contribution in [3.8, 4) is 11.4 Å². The Balaban J connectivity index is 1.79. The Kier molecular flexibility index (Phi) is 5.51. The van der Waals surface area contributed by atoms with Crippen LogP contribution in [0.5, 0.6) is 5.75 Å². The maximum absolute atomic E-state index is 5.31. The summed E-state index contributed by atoms with van der Waals surface area (Å²) >= 11 is 0. The summed E-state index contributed by atoms with van der Waals surface area (Å²) in [7, 11) is 1.69. The van der Waals surface area contributed by atoms with E-state index in [0.29, 0.717) is 0 Å². The van der Waals surface area contributed by atoms with Crippen molar-refractivity contribution in [2.75, 3.05) is 12.4 Å². The van der Waals surface area contributed by atoms with Crippen LogP contribution in [-0.2, 0) is 12.0 Å². The van der Waals surface area contributed by atoms with Crippen molar-refractivity contribution in [1.82, 2.24) is 20.2 Å². The van der Waals surface area contributed by atoms with E-state index >= 15 is 0 Å². The fraction of sp³-hybridized carbons (Fsp3) is 0.435. The normalized spacial score (nSPS) is 15.8. The van der Waals surface area contributed by atoms with Gasteiger partial charge in [-0.25, -0.2) is 0 Å². The quantitative estimate of drug-likeness (QED) is 0.653. The molecule has 1 heterocycles. The Hall–Kier alpha value is -2.89. The predicted octanol–water partition coefficient (Wildman–Crippen LogP) is 4.81. The van der Waals surface area contributed by atoms with Crippen molar-refractivity contribution >= 4 is 5.69 Å². The summed E-state index contributed by atoms with van der Waals surface area (Å²) in [6.45, 7) is 4.30. The fourth-order valence-corrected chi connectivity index (χ4v) is 4.45.